The number of ketones is 1. The molecule has 2 unspecified atom stereocenters. The molecule has 3 aromatic carbocycles. The number of benzene rings is 3. The number of phenolic OH excluding ortho intramolecular Hbond substituents is 2. The maximum Gasteiger partial charge on any atom is 0.197 e. The van der Waals surface area contributed by atoms with Gasteiger partial charge in [-0.05, 0) is 42.5 Å². The summed E-state index contributed by atoms with van der Waals surface area (Å²) in [5, 5.41) is 41.7. The highest BCUT2D eigenvalue weighted by atomic mass is 16.5. The fraction of sp³-hybridized carbons (Fsp3) is 0.125. The van der Waals surface area contributed by atoms with Crippen LogP contribution in [0.2, 0.25) is 0 Å². The number of aliphatic hydroxyl groups excluding tert-OH is 2. The minimum absolute atomic E-state index is 0.0319. The Morgan fingerprint density at radius 2 is 1.55 bits per heavy atom. The first-order chi connectivity index (χ1) is 20.2. The van der Waals surface area contributed by atoms with Crippen LogP contribution in [-0.2, 0) is 9.53 Å². The number of ether oxygens (including phenoxy) is 3. The first kappa shape index (κ1) is 26.6. The van der Waals surface area contributed by atoms with Gasteiger partial charge in [-0.25, -0.2) is 0 Å². The molecule has 0 bridgehead atoms. The molecule has 1 aromatic heterocycles. The quantitative estimate of drug-likeness (QED) is 0.251. The van der Waals surface area contributed by atoms with Crippen LogP contribution < -0.4 is 14.9 Å². The Labute approximate surface area is 238 Å². The lowest BCUT2D eigenvalue weighted by Gasteiger charge is -2.35. The van der Waals surface area contributed by atoms with E-state index in [9.17, 15) is 30.0 Å². The highest BCUT2D eigenvalue weighted by Gasteiger charge is 2.44. The summed E-state index contributed by atoms with van der Waals surface area (Å²) in [5.41, 5.74) is 0.885. The minimum atomic E-state index is -1.13. The smallest absolute Gasteiger partial charge is 0.197 e. The lowest BCUT2D eigenvalue weighted by atomic mass is 9.80. The predicted molar refractivity (Wildman–Crippen MR) is 152 cm³/mol. The molecule has 2 atom stereocenters. The molecule has 10 nitrogen and oxygen atoms in total. The van der Waals surface area contributed by atoms with Gasteiger partial charge in [0.25, 0.3) is 0 Å². The van der Waals surface area contributed by atoms with Gasteiger partial charge in [0.1, 0.15) is 69.0 Å². The number of rotatable bonds is 5. The Bertz CT molecular complexity index is 1910. The SMILES string of the molecule is COc1ccc(C2=CC(=O)C3C(O)=CC(O)=C(c4cc(-c5cc(=O)c6c(O)cc(O)cc6o5)ccc4OC)C3O2)cc1. The van der Waals surface area contributed by atoms with E-state index in [2.05, 4.69) is 0 Å². The number of allylic oxidation sites excluding steroid dienone is 2. The van der Waals surface area contributed by atoms with Crippen LogP contribution in [0.3, 0.4) is 0 Å². The fourth-order valence-corrected chi connectivity index (χ4v) is 5.25. The first-order valence-electron chi connectivity index (χ1n) is 12.8. The molecule has 1 aliphatic heterocycles. The van der Waals surface area contributed by atoms with Crippen molar-refractivity contribution in [2.75, 3.05) is 14.2 Å². The third kappa shape index (κ3) is 4.39. The van der Waals surface area contributed by atoms with Crippen LogP contribution in [0.25, 0.3) is 33.6 Å². The van der Waals surface area contributed by atoms with Crippen LogP contribution in [0.4, 0.5) is 0 Å². The second-order valence-corrected chi connectivity index (χ2v) is 9.75. The molecule has 2 aliphatic rings. The van der Waals surface area contributed by atoms with Crippen molar-refractivity contribution in [1.82, 2.24) is 0 Å². The van der Waals surface area contributed by atoms with Crippen molar-refractivity contribution in [3.63, 3.8) is 0 Å². The molecule has 0 fully saturated rings. The lowest BCUT2D eigenvalue weighted by molar-refractivity contribution is -0.121. The molecule has 4 N–H and O–H groups in total. The number of carbonyl (C=O) groups is 1. The average Bonchev–Trinajstić information content (AvgIpc) is 2.96. The number of hydrogen-bond donors (Lipinski definition) is 4. The topological polar surface area (TPSA) is 156 Å². The molecule has 6 rings (SSSR count). The van der Waals surface area contributed by atoms with Crippen LogP contribution in [0.5, 0.6) is 23.0 Å². The van der Waals surface area contributed by atoms with Crippen LogP contribution in [0, 0.1) is 5.92 Å². The van der Waals surface area contributed by atoms with E-state index in [0.717, 1.165) is 12.1 Å². The summed E-state index contributed by atoms with van der Waals surface area (Å²) in [6, 6.07) is 15.1. The van der Waals surface area contributed by atoms with Gasteiger partial charge in [0, 0.05) is 52.6 Å². The molecule has 42 heavy (non-hydrogen) atoms. The van der Waals surface area contributed by atoms with E-state index in [1.54, 1.807) is 42.5 Å². The molecule has 212 valence electrons. The van der Waals surface area contributed by atoms with Gasteiger partial charge in [0.2, 0.25) is 0 Å². The fourth-order valence-electron chi connectivity index (χ4n) is 5.25. The molecule has 2 heterocycles. The maximum absolute atomic E-state index is 13.3. The van der Waals surface area contributed by atoms with Crippen molar-refractivity contribution in [3.8, 4) is 34.3 Å². The Hall–Kier alpha value is -5.64. The van der Waals surface area contributed by atoms with E-state index < -0.39 is 29.0 Å². The Balaban J connectivity index is 1.48. The summed E-state index contributed by atoms with van der Waals surface area (Å²) in [5.74, 6) is -1.70. The highest BCUT2D eigenvalue weighted by Crippen LogP contribution is 2.45. The van der Waals surface area contributed by atoms with Gasteiger partial charge >= 0.3 is 0 Å². The van der Waals surface area contributed by atoms with Crippen molar-refractivity contribution in [2.24, 2.45) is 5.92 Å². The van der Waals surface area contributed by atoms with E-state index in [1.165, 1.54) is 32.4 Å². The Kier molecular flexibility index (Phi) is 6.38. The second kappa shape index (κ2) is 10.1. The molecule has 1 aliphatic carbocycles. The number of methoxy groups -OCH3 is 2. The van der Waals surface area contributed by atoms with Gasteiger partial charge in [0.05, 0.1) is 14.2 Å². The zero-order chi connectivity index (χ0) is 29.7. The number of carbonyl (C=O) groups excluding carboxylic acids is 1. The molecule has 4 aromatic rings. The Morgan fingerprint density at radius 3 is 2.26 bits per heavy atom. The van der Waals surface area contributed by atoms with E-state index in [1.807, 2.05) is 0 Å². The molecular weight excluding hydrogens is 544 g/mol. The van der Waals surface area contributed by atoms with E-state index >= 15 is 0 Å². The second-order valence-electron chi connectivity index (χ2n) is 9.75. The first-order valence-corrected chi connectivity index (χ1v) is 12.8. The zero-order valence-corrected chi connectivity index (χ0v) is 22.3. The largest absolute Gasteiger partial charge is 0.511 e. The summed E-state index contributed by atoms with van der Waals surface area (Å²) in [4.78, 5) is 26.1. The monoisotopic (exact) mass is 568 g/mol. The maximum atomic E-state index is 13.3. The van der Waals surface area contributed by atoms with Gasteiger partial charge in [-0.2, -0.15) is 0 Å². The van der Waals surface area contributed by atoms with Crippen LogP contribution in [-0.4, -0.2) is 46.5 Å². The van der Waals surface area contributed by atoms with Gasteiger partial charge < -0.3 is 39.1 Å². The summed E-state index contributed by atoms with van der Waals surface area (Å²) >= 11 is 0. The molecule has 0 radical (unpaired) electrons. The summed E-state index contributed by atoms with van der Waals surface area (Å²) < 4.78 is 22.9. The van der Waals surface area contributed by atoms with Gasteiger partial charge in [-0.3, -0.25) is 9.59 Å². The third-order valence-corrected chi connectivity index (χ3v) is 7.24. The minimum Gasteiger partial charge on any atom is -0.511 e. The molecule has 0 spiro atoms. The van der Waals surface area contributed by atoms with Crippen molar-refractivity contribution in [1.29, 1.82) is 0 Å². The number of fused-ring (bicyclic) bond motifs is 2. The number of hydrogen-bond acceptors (Lipinski definition) is 10. The molecule has 10 heteroatoms. The number of aliphatic hydroxyl groups is 2. The molecular formula is C32H24O10. The molecule has 0 amide bonds. The zero-order valence-electron chi connectivity index (χ0n) is 22.3. The van der Waals surface area contributed by atoms with Crippen molar-refractivity contribution < 1.29 is 43.8 Å². The average molecular weight is 569 g/mol. The number of phenols is 2. The lowest BCUT2D eigenvalue weighted by Crippen LogP contribution is -2.38. The van der Waals surface area contributed by atoms with Crippen LogP contribution in [0.15, 0.2) is 93.5 Å². The normalized spacial score (nSPS) is 18.2. The van der Waals surface area contributed by atoms with Crippen molar-refractivity contribution in [2.45, 2.75) is 6.10 Å². The highest BCUT2D eigenvalue weighted by molar-refractivity contribution is 6.03. The van der Waals surface area contributed by atoms with Crippen LogP contribution >= 0.6 is 0 Å². The third-order valence-electron chi connectivity index (χ3n) is 7.24. The molecule has 0 saturated carbocycles. The predicted octanol–water partition coefficient (Wildman–Crippen LogP) is 5.24. The van der Waals surface area contributed by atoms with E-state index in [4.69, 9.17) is 18.6 Å². The van der Waals surface area contributed by atoms with Crippen LogP contribution in [0.1, 0.15) is 11.1 Å². The summed E-state index contributed by atoms with van der Waals surface area (Å²) in [7, 11) is 2.97. The number of aromatic hydroxyl groups is 2. The standard InChI is InChI=1S/C32H24O10/c1-39-18-6-3-15(4-7-18)26-14-24(38)31-22(36)12-21(35)29(32(31)42-26)19-9-16(5-8-25(19)40-2)27-13-23(37)30-20(34)10-17(33)11-28(30)41-27/h3-14,31-36H,1-2H3. The van der Waals surface area contributed by atoms with Gasteiger partial charge in [0.15, 0.2) is 11.2 Å². The van der Waals surface area contributed by atoms with E-state index in [0.29, 0.717) is 28.2 Å². The van der Waals surface area contributed by atoms with Crippen molar-refractivity contribution in [3.05, 3.63) is 106 Å². The Morgan fingerprint density at radius 1 is 0.810 bits per heavy atom. The summed E-state index contributed by atoms with van der Waals surface area (Å²) in [6.07, 6.45) is 1.26. The summed E-state index contributed by atoms with van der Waals surface area (Å²) in [6.45, 7) is 0. The van der Waals surface area contributed by atoms with E-state index in [-0.39, 0.29) is 45.3 Å². The van der Waals surface area contributed by atoms with Gasteiger partial charge in [-0.15, -0.1) is 0 Å². The van der Waals surface area contributed by atoms with Crippen molar-refractivity contribution >= 4 is 28.1 Å². The van der Waals surface area contributed by atoms with Gasteiger partial charge in [-0.1, -0.05) is 0 Å². The molecule has 0 saturated heterocycles.